The summed E-state index contributed by atoms with van der Waals surface area (Å²) >= 11 is 3.73. The van der Waals surface area contributed by atoms with Gasteiger partial charge in [-0.2, -0.15) is 0 Å². The molecule has 0 saturated carbocycles. The Morgan fingerprint density at radius 2 is 2.44 bits per heavy atom. The summed E-state index contributed by atoms with van der Waals surface area (Å²) in [5.41, 5.74) is 0. The fourth-order valence-electron chi connectivity index (χ4n) is 0.215. The van der Waals surface area contributed by atoms with Gasteiger partial charge in [-0.15, -0.1) is 12.6 Å². The Bertz CT molecular complexity index is 111. The molecule has 4 heteroatoms. The number of carbonyl (C=O) groups excluding carboxylic acids is 1. The Morgan fingerprint density at radius 3 is 2.89 bits per heavy atom. The van der Waals surface area contributed by atoms with Crippen LogP contribution in [-0.4, -0.2) is 19.0 Å². The van der Waals surface area contributed by atoms with Crippen LogP contribution >= 0.6 is 12.6 Å². The van der Waals surface area contributed by atoms with Crippen LogP contribution < -0.4 is 0 Å². The van der Waals surface area contributed by atoms with Gasteiger partial charge < -0.3 is 9.47 Å². The van der Waals surface area contributed by atoms with Crippen LogP contribution in [0.15, 0.2) is 12.3 Å². The van der Waals surface area contributed by atoms with Crippen LogP contribution in [0.3, 0.4) is 0 Å². The van der Waals surface area contributed by atoms with Crippen molar-refractivity contribution >= 4 is 18.6 Å². The zero-order chi connectivity index (χ0) is 7.11. The van der Waals surface area contributed by atoms with Crippen molar-refractivity contribution < 1.29 is 14.3 Å². The van der Waals surface area contributed by atoms with Crippen LogP contribution in [0.1, 0.15) is 0 Å². The van der Waals surface area contributed by atoms with Crippen LogP contribution in [0.25, 0.3) is 0 Å². The van der Waals surface area contributed by atoms with Gasteiger partial charge in [-0.1, -0.05) is 0 Å². The summed E-state index contributed by atoms with van der Waals surface area (Å²) in [4.78, 5) is 10.3. The maximum absolute atomic E-state index is 10.3. The molecule has 0 bridgehead atoms. The minimum atomic E-state index is -0.434. The molecule has 0 radical (unpaired) electrons. The highest BCUT2D eigenvalue weighted by Gasteiger charge is 1.87. The number of ether oxygens (including phenoxy) is 2. The van der Waals surface area contributed by atoms with Gasteiger partial charge in [0, 0.05) is 0 Å². The van der Waals surface area contributed by atoms with E-state index < -0.39 is 5.97 Å². The minimum absolute atomic E-state index is 0.257. The van der Waals surface area contributed by atoms with Gasteiger partial charge in [0.05, 0.1) is 19.4 Å². The maximum Gasteiger partial charge on any atom is 0.333 e. The highest BCUT2D eigenvalue weighted by Crippen LogP contribution is 1.81. The fourth-order valence-corrected chi connectivity index (χ4v) is 0.301. The fraction of sp³-hybridized carbons (Fsp3) is 0.400. The van der Waals surface area contributed by atoms with E-state index in [-0.39, 0.29) is 5.94 Å². The molecular weight excluding hydrogens is 140 g/mol. The smallest absolute Gasteiger partial charge is 0.333 e. The van der Waals surface area contributed by atoms with Gasteiger partial charge in [0.25, 0.3) is 0 Å². The number of methoxy groups -OCH3 is 1. The second kappa shape index (κ2) is 5.50. The molecule has 0 aliphatic rings. The molecule has 0 aliphatic carbocycles. The van der Waals surface area contributed by atoms with Crippen molar-refractivity contribution in [3.05, 3.63) is 12.3 Å². The van der Waals surface area contributed by atoms with E-state index in [2.05, 4.69) is 22.1 Å². The SMILES string of the molecule is COC(=O)C=COCS. The second-order valence-electron chi connectivity index (χ2n) is 1.12. The molecule has 52 valence electrons. The highest BCUT2D eigenvalue weighted by atomic mass is 32.1. The molecule has 0 spiro atoms. The second-order valence-corrected chi connectivity index (χ2v) is 1.38. The molecule has 0 unspecified atom stereocenters. The van der Waals surface area contributed by atoms with Crippen molar-refractivity contribution in [1.29, 1.82) is 0 Å². The third-order valence-electron chi connectivity index (χ3n) is 0.576. The largest absolute Gasteiger partial charge is 0.491 e. The van der Waals surface area contributed by atoms with E-state index in [9.17, 15) is 4.79 Å². The molecule has 0 aromatic heterocycles. The quantitative estimate of drug-likeness (QED) is 0.209. The van der Waals surface area contributed by atoms with E-state index in [0.717, 1.165) is 0 Å². The molecule has 0 aromatic rings. The number of hydrogen-bond acceptors (Lipinski definition) is 4. The average Bonchev–Trinajstić information content (AvgIpc) is 1.89. The monoisotopic (exact) mass is 148 g/mol. The predicted molar refractivity (Wildman–Crippen MR) is 36.1 cm³/mol. The molecule has 0 fully saturated rings. The molecule has 0 aromatic carbocycles. The van der Waals surface area contributed by atoms with Crippen LogP contribution in [0, 0.1) is 0 Å². The number of carbonyl (C=O) groups is 1. The first-order valence-corrected chi connectivity index (χ1v) is 2.91. The molecule has 0 N–H and O–H groups in total. The molecule has 3 nitrogen and oxygen atoms in total. The number of hydrogen-bond donors (Lipinski definition) is 1. The summed E-state index contributed by atoms with van der Waals surface area (Å²) in [5.74, 6) is -0.176. The van der Waals surface area contributed by atoms with Crippen molar-refractivity contribution in [2.45, 2.75) is 0 Å². The van der Waals surface area contributed by atoms with Crippen LogP contribution in [0.2, 0.25) is 0 Å². The Hall–Kier alpha value is -0.640. The number of thiol groups is 1. The Morgan fingerprint density at radius 1 is 1.78 bits per heavy atom. The third-order valence-corrected chi connectivity index (χ3v) is 0.725. The van der Waals surface area contributed by atoms with Crippen molar-refractivity contribution in [2.75, 3.05) is 13.0 Å². The van der Waals surface area contributed by atoms with E-state index in [4.69, 9.17) is 0 Å². The first kappa shape index (κ1) is 8.36. The topological polar surface area (TPSA) is 35.5 Å². The molecule has 0 rings (SSSR count). The summed E-state index contributed by atoms with van der Waals surface area (Å²) in [5, 5.41) is 0. The van der Waals surface area contributed by atoms with E-state index >= 15 is 0 Å². The lowest BCUT2D eigenvalue weighted by Gasteiger charge is -1.90. The molecule has 9 heavy (non-hydrogen) atoms. The molecule has 0 heterocycles. The van der Waals surface area contributed by atoms with Gasteiger partial charge in [0.2, 0.25) is 0 Å². The zero-order valence-electron chi connectivity index (χ0n) is 5.03. The lowest BCUT2D eigenvalue weighted by molar-refractivity contribution is -0.134. The molecule has 0 saturated heterocycles. The summed E-state index contributed by atoms with van der Waals surface area (Å²) in [6.07, 6.45) is 2.41. The van der Waals surface area contributed by atoms with E-state index in [0.29, 0.717) is 0 Å². The molecule has 0 atom stereocenters. The molecular formula is C5H8O3S. The van der Waals surface area contributed by atoms with Gasteiger partial charge in [0.1, 0.15) is 5.94 Å². The van der Waals surface area contributed by atoms with Gasteiger partial charge in [-0.3, -0.25) is 0 Å². The van der Waals surface area contributed by atoms with Gasteiger partial charge in [0.15, 0.2) is 0 Å². The Balaban J connectivity index is 3.32. The number of rotatable bonds is 3. The van der Waals surface area contributed by atoms with Crippen molar-refractivity contribution in [1.82, 2.24) is 0 Å². The predicted octanol–water partition coefficient (Wildman–Crippen LogP) is 0.577. The number of esters is 1. The average molecular weight is 148 g/mol. The van der Waals surface area contributed by atoms with Crippen LogP contribution in [-0.2, 0) is 14.3 Å². The maximum atomic E-state index is 10.3. The standard InChI is InChI=1S/C5H8O3S/c1-7-5(6)2-3-8-4-9/h2-3,9H,4H2,1H3. The van der Waals surface area contributed by atoms with Gasteiger partial charge in [-0.25, -0.2) is 4.79 Å². The van der Waals surface area contributed by atoms with Crippen molar-refractivity contribution in [2.24, 2.45) is 0 Å². The Kier molecular flexibility index (Phi) is 5.11. The zero-order valence-corrected chi connectivity index (χ0v) is 5.93. The van der Waals surface area contributed by atoms with Crippen LogP contribution in [0.5, 0.6) is 0 Å². The van der Waals surface area contributed by atoms with E-state index in [1.54, 1.807) is 0 Å². The van der Waals surface area contributed by atoms with Crippen molar-refractivity contribution in [3.8, 4) is 0 Å². The lowest BCUT2D eigenvalue weighted by atomic mass is 10.6. The Labute approximate surface area is 59.1 Å². The van der Waals surface area contributed by atoms with Crippen molar-refractivity contribution in [3.63, 3.8) is 0 Å². The normalized spacial score (nSPS) is 9.56. The summed E-state index contributed by atoms with van der Waals surface area (Å²) < 4.78 is 8.85. The molecule has 0 aliphatic heterocycles. The first-order valence-electron chi connectivity index (χ1n) is 2.28. The minimum Gasteiger partial charge on any atom is -0.491 e. The molecule has 0 amide bonds. The lowest BCUT2D eigenvalue weighted by Crippen LogP contribution is -1.93. The first-order chi connectivity index (χ1) is 4.31. The summed E-state index contributed by atoms with van der Waals surface area (Å²) in [6, 6.07) is 0. The van der Waals surface area contributed by atoms with Gasteiger partial charge in [-0.05, 0) is 0 Å². The van der Waals surface area contributed by atoms with E-state index in [1.807, 2.05) is 0 Å². The summed E-state index contributed by atoms with van der Waals surface area (Å²) in [6.45, 7) is 0. The van der Waals surface area contributed by atoms with Gasteiger partial charge >= 0.3 is 5.97 Å². The van der Waals surface area contributed by atoms with E-state index in [1.165, 1.54) is 19.4 Å². The van der Waals surface area contributed by atoms with Crippen LogP contribution in [0.4, 0.5) is 0 Å². The summed E-state index contributed by atoms with van der Waals surface area (Å²) in [7, 11) is 1.30. The highest BCUT2D eigenvalue weighted by molar-refractivity contribution is 7.80. The third kappa shape index (κ3) is 5.23.